The minimum atomic E-state index is -4.40. The van der Waals surface area contributed by atoms with E-state index in [4.69, 9.17) is 4.74 Å². The second-order valence-corrected chi connectivity index (χ2v) is 11.2. The molecule has 1 N–H and O–H groups in total. The van der Waals surface area contributed by atoms with E-state index in [1.54, 1.807) is 24.5 Å². The third-order valence-electron chi connectivity index (χ3n) is 6.32. The van der Waals surface area contributed by atoms with Crippen LogP contribution in [0.1, 0.15) is 50.2 Å². The van der Waals surface area contributed by atoms with Gasteiger partial charge in [0.15, 0.2) is 4.90 Å². The van der Waals surface area contributed by atoms with Crippen LogP contribution in [0.4, 0.5) is 0 Å². The van der Waals surface area contributed by atoms with E-state index in [2.05, 4.69) is 9.97 Å². The molecule has 2 aromatic heterocycles. The van der Waals surface area contributed by atoms with Gasteiger partial charge in [-0.15, -0.1) is 0 Å². The molecule has 0 amide bonds. The maximum Gasteiger partial charge on any atom is 0.277 e. The Morgan fingerprint density at radius 2 is 1.71 bits per heavy atom. The minimum absolute atomic E-state index is 0.0654. The van der Waals surface area contributed by atoms with Gasteiger partial charge in [-0.05, 0) is 67.6 Å². The Labute approximate surface area is 222 Å². The van der Waals surface area contributed by atoms with Crippen molar-refractivity contribution in [1.82, 2.24) is 14.5 Å². The Morgan fingerprint density at radius 3 is 2.32 bits per heavy atom. The first-order valence-corrected chi connectivity index (χ1v) is 13.9. The molecular formula is C29H31N3O5S. The summed E-state index contributed by atoms with van der Waals surface area (Å²) in [6, 6.07) is 16.8. The summed E-state index contributed by atoms with van der Waals surface area (Å²) in [5.41, 5.74) is 2.64. The number of nitrogens with zero attached hydrogens (tertiary/aromatic N) is 3. The highest BCUT2D eigenvalue weighted by molar-refractivity contribution is 7.91. The first-order chi connectivity index (χ1) is 18.1. The number of benzene rings is 2. The molecule has 4 rings (SSSR count). The molecule has 0 aliphatic heterocycles. The van der Waals surface area contributed by atoms with E-state index in [0.29, 0.717) is 6.42 Å². The van der Waals surface area contributed by atoms with Crippen LogP contribution in [0.25, 0.3) is 11.1 Å². The van der Waals surface area contributed by atoms with E-state index in [-0.39, 0.29) is 23.4 Å². The van der Waals surface area contributed by atoms with E-state index < -0.39 is 32.2 Å². The number of ether oxygens (including phenoxy) is 1. The van der Waals surface area contributed by atoms with Gasteiger partial charge in [-0.2, -0.15) is 4.98 Å². The van der Waals surface area contributed by atoms with Crippen molar-refractivity contribution < 1.29 is 18.3 Å². The average molecular weight is 534 g/mol. The summed E-state index contributed by atoms with van der Waals surface area (Å²) in [6.45, 7) is 7.43. The van der Waals surface area contributed by atoms with E-state index in [1.807, 2.05) is 64.1 Å². The Bertz CT molecular complexity index is 1580. The summed E-state index contributed by atoms with van der Waals surface area (Å²) in [5.74, 6) is -0.690. The molecule has 8 nitrogen and oxygen atoms in total. The zero-order chi connectivity index (χ0) is 27.4. The minimum Gasteiger partial charge on any atom is -0.492 e. The Balaban J connectivity index is 1.86. The number of aryl methyl sites for hydroxylation is 1. The van der Waals surface area contributed by atoms with Crippen LogP contribution in [0.3, 0.4) is 0 Å². The van der Waals surface area contributed by atoms with Crippen molar-refractivity contribution in [2.45, 2.75) is 62.7 Å². The Kier molecular flexibility index (Phi) is 8.08. The summed E-state index contributed by atoms with van der Waals surface area (Å²) in [6.07, 6.45) is 3.73. The summed E-state index contributed by atoms with van der Waals surface area (Å²) in [4.78, 5) is 21.3. The van der Waals surface area contributed by atoms with Crippen molar-refractivity contribution in [3.8, 4) is 17.0 Å². The van der Waals surface area contributed by atoms with Crippen molar-refractivity contribution >= 4 is 9.84 Å². The second-order valence-electron chi connectivity index (χ2n) is 9.27. The quantitative estimate of drug-likeness (QED) is 0.319. The van der Waals surface area contributed by atoms with Crippen LogP contribution in [-0.2, 0) is 21.2 Å². The van der Waals surface area contributed by atoms with Gasteiger partial charge in [0.25, 0.3) is 5.56 Å². The van der Waals surface area contributed by atoms with Gasteiger partial charge in [0, 0.05) is 12.4 Å². The zero-order valence-corrected chi connectivity index (χ0v) is 22.6. The van der Waals surface area contributed by atoms with Crippen LogP contribution < -0.4 is 5.56 Å². The number of hydrogen-bond donors (Lipinski definition) is 1. The van der Waals surface area contributed by atoms with Crippen LogP contribution in [0.15, 0.2) is 87.6 Å². The van der Waals surface area contributed by atoms with Gasteiger partial charge in [0.2, 0.25) is 15.7 Å². The normalized spacial score (nSPS) is 12.6. The molecular weight excluding hydrogens is 502 g/mol. The van der Waals surface area contributed by atoms with E-state index >= 15 is 0 Å². The van der Waals surface area contributed by atoms with Gasteiger partial charge in [0.1, 0.15) is 12.4 Å². The molecule has 0 aliphatic carbocycles. The van der Waals surface area contributed by atoms with Gasteiger partial charge in [-0.25, -0.2) is 8.42 Å². The summed E-state index contributed by atoms with van der Waals surface area (Å²) < 4.78 is 34.5. The highest BCUT2D eigenvalue weighted by Crippen LogP contribution is 2.30. The number of pyridine rings is 1. The number of rotatable bonds is 9. The average Bonchev–Trinajstić information content (AvgIpc) is 2.90. The number of hydrogen-bond acceptors (Lipinski definition) is 7. The van der Waals surface area contributed by atoms with E-state index in [9.17, 15) is 18.3 Å². The first kappa shape index (κ1) is 27.2. The standard InChI is InChI=1S/C29H31N3O5S/c1-5-25(22-9-7-6-8-10-22)32-26(18-37-19(2)3)31-28(33)27(29(32)34)38(35,36)23-13-11-21(12-14-23)24-15-16-30-17-20(24)4/h6-17,19,25,33H,5,18H2,1-4H3. The Morgan fingerprint density at radius 1 is 1.03 bits per heavy atom. The molecule has 38 heavy (non-hydrogen) atoms. The fourth-order valence-electron chi connectivity index (χ4n) is 4.42. The molecule has 1 atom stereocenters. The predicted molar refractivity (Wildman–Crippen MR) is 145 cm³/mol. The molecule has 4 aromatic rings. The third-order valence-corrected chi connectivity index (χ3v) is 8.11. The summed E-state index contributed by atoms with van der Waals surface area (Å²) >= 11 is 0. The molecule has 0 radical (unpaired) electrons. The van der Waals surface area contributed by atoms with Crippen molar-refractivity contribution in [3.05, 3.63) is 100 Å². The van der Waals surface area contributed by atoms with Gasteiger partial charge in [0.05, 0.1) is 17.0 Å². The van der Waals surface area contributed by atoms with Crippen LogP contribution in [0.2, 0.25) is 0 Å². The molecule has 0 spiro atoms. The fourth-order valence-corrected chi connectivity index (χ4v) is 5.76. The SMILES string of the molecule is CCC(c1ccccc1)n1c(COC(C)C)nc(O)c(S(=O)(=O)c2ccc(-c3ccncc3C)cc2)c1=O. The highest BCUT2D eigenvalue weighted by Gasteiger charge is 2.31. The van der Waals surface area contributed by atoms with Gasteiger partial charge < -0.3 is 9.84 Å². The molecule has 0 aliphatic rings. The number of aromatic hydroxyl groups is 1. The van der Waals surface area contributed by atoms with Gasteiger partial charge in [-0.3, -0.25) is 14.3 Å². The van der Waals surface area contributed by atoms with Crippen molar-refractivity contribution in [1.29, 1.82) is 0 Å². The number of sulfone groups is 1. The molecule has 0 saturated heterocycles. The maximum atomic E-state index is 13.9. The third kappa shape index (κ3) is 5.39. The van der Waals surface area contributed by atoms with Crippen molar-refractivity contribution in [3.63, 3.8) is 0 Å². The molecule has 198 valence electrons. The molecule has 0 fully saturated rings. The lowest BCUT2D eigenvalue weighted by atomic mass is 10.0. The lowest BCUT2D eigenvalue weighted by Crippen LogP contribution is -2.34. The van der Waals surface area contributed by atoms with Crippen molar-refractivity contribution in [2.24, 2.45) is 0 Å². The molecule has 9 heteroatoms. The van der Waals surface area contributed by atoms with Gasteiger partial charge >= 0.3 is 0 Å². The molecule has 1 unspecified atom stereocenters. The second kappa shape index (κ2) is 11.3. The van der Waals surface area contributed by atoms with Gasteiger partial charge in [-0.1, -0.05) is 49.4 Å². The van der Waals surface area contributed by atoms with Crippen LogP contribution in [0.5, 0.6) is 5.88 Å². The Hall–Kier alpha value is -3.82. The largest absolute Gasteiger partial charge is 0.492 e. The van der Waals surface area contributed by atoms with E-state index in [1.165, 1.54) is 16.7 Å². The summed E-state index contributed by atoms with van der Waals surface area (Å²) in [5, 5.41) is 10.8. The van der Waals surface area contributed by atoms with Crippen molar-refractivity contribution in [2.75, 3.05) is 0 Å². The van der Waals surface area contributed by atoms with Crippen LogP contribution >= 0.6 is 0 Å². The monoisotopic (exact) mass is 533 g/mol. The lowest BCUT2D eigenvalue weighted by molar-refractivity contribution is 0.0573. The molecule has 0 bridgehead atoms. The lowest BCUT2D eigenvalue weighted by Gasteiger charge is -2.23. The van der Waals surface area contributed by atoms with Crippen LogP contribution in [0, 0.1) is 6.92 Å². The highest BCUT2D eigenvalue weighted by atomic mass is 32.2. The molecule has 2 heterocycles. The smallest absolute Gasteiger partial charge is 0.277 e. The van der Waals surface area contributed by atoms with Crippen LogP contribution in [-0.4, -0.2) is 34.2 Å². The topological polar surface area (TPSA) is 111 Å². The predicted octanol–water partition coefficient (Wildman–Crippen LogP) is 5.08. The maximum absolute atomic E-state index is 13.9. The fraction of sp³-hybridized carbons (Fsp3) is 0.276. The number of aromatic nitrogens is 3. The van der Waals surface area contributed by atoms with E-state index in [0.717, 1.165) is 22.3 Å². The molecule has 2 aromatic carbocycles. The molecule has 0 saturated carbocycles. The summed E-state index contributed by atoms with van der Waals surface area (Å²) in [7, 11) is -4.40. The zero-order valence-electron chi connectivity index (χ0n) is 21.8. The first-order valence-electron chi connectivity index (χ1n) is 12.4.